The molecule has 3 aromatic carbocycles. The quantitative estimate of drug-likeness (QED) is 0.458. The van der Waals surface area contributed by atoms with Crippen molar-refractivity contribution in [1.29, 1.82) is 0 Å². The number of carbonyl (C=O) groups is 1. The van der Waals surface area contributed by atoms with Crippen LogP contribution in [-0.2, 0) is 0 Å². The lowest BCUT2D eigenvalue weighted by molar-refractivity contribution is 0.0756. The van der Waals surface area contributed by atoms with E-state index in [9.17, 15) is 4.79 Å². The second-order valence-corrected chi connectivity index (χ2v) is 7.47. The summed E-state index contributed by atoms with van der Waals surface area (Å²) in [6, 6.07) is 23.3. The van der Waals surface area contributed by atoms with Crippen LogP contribution in [0.3, 0.4) is 0 Å². The van der Waals surface area contributed by atoms with Gasteiger partial charge in [0.1, 0.15) is 0 Å². The van der Waals surface area contributed by atoms with Gasteiger partial charge in [0.15, 0.2) is 0 Å². The van der Waals surface area contributed by atoms with Crippen molar-refractivity contribution in [2.24, 2.45) is 0 Å². The predicted octanol–water partition coefficient (Wildman–Crippen LogP) is 5.99. The Hall–Kier alpha value is -3.04. The van der Waals surface area contributed by atoms with E-state index in [1.54, 1.807) is 29.2 Å². The number of hydrogen-bond acceptors (Lipinski definition) is 1. The molecule has 4 heteroatoms. The second kappa shape index (κ2) is 7.53. The molecule has 3 nitrogen and oxygen atoms in total. The molecule has 4 aromatic rings. The molecule has 0 radical (unpaired) electrons. The molecule has 0 saturated heterocycles. The third kappa shape index (κ3) is 3.41. The molecule has 1 aromatic heterocycles. The molecule has 28 heavy (non-hydrogen) atoms. The molecule has 0 spiro atoms. The zero-order valence-electron chi connectivity index (χ0n) is 15.8. The first-order valence-corrected chi connectivity index (χ1v) is 9.57. The molecule has 0 aliphatic heterocycles. The highest BCUT2D eigenvalue weighted by molar-refractivity contribution is 6.30. The van der Waals surface area contributed by atoms with E-state index in [4.69, 9.17) is 11.6 Å². The number of aromatic nitrogens is 1. The molecule has 140 valence electrons. The van der Waals surface area contributed by atoms with Gasteiger partial charge in [0.25, 0.3) is 5.91 Å². The molecule has 0 aliphatic rings. The SMILES string of the molecule is Cc1ccc(C(c2c[nH]c3ccccc23)N(C)C(=O)c2cccc(Cl)c2)cc1. The van der Waals surface area contributed by atoms with Gasteiger partial charge in [-0.05, 0) is 36.8 Å². The summed E-state index contributed by atoms with van der Waals surface area (Å²) in [5.41, 5.74) is 4.95. The summed E-state index contributed by atoms with van der Waals surface area (Å²) in [6.45, 7) is 2.06. The van der Waals surface area contributed by atoms with Crippen molar-refractivity contribution < 1.29 is 4.79 Å². The third-order valence-corrected chi connectivity index (χ3v) is 5.32. The normalized spacial score (nSPS) is 12.1. The molecule has 0 fully saturated rings. The number of rotatable bonds is 4. The molecular weight excluding hydrogens is 368 g/mol. The van der Waals surface area contributed by atoms with Gasteiger partial charge in [0, 0.05) is 40.3 Å². The Morgan fingerprint density at radius 2 is 1.75 bits per heavy atom. The predicted molar refractivity (Wildman–Crippen MR) is 115 cm³/mol. The highest BCUT2D eigenvalue weighted by atomic mass is 35.5. The van der Waals surface area contributed by atoms with Crippen molar-refractivity contribution in [1.82, 2.24) is 9.88 Å². The van der Waals surface area contributed by atoms with Gasteiger partial charge in [-0.15, -0.1) is 0 Å². The lowest BCUT2D eigenvalue weighted by atomic mass is 9.95. The molecule has 1 heterocycles. The molecule has 0 bridgehead atoms. The lowest BCUT2D eigenvalue weighted by Gasteiger charge is -2.29. The number of aromatic amines is 1. The molecule has 1 amide bonds. The Morgan fingerprint density at radius 1 is 1.00 bits per heavy atom. The van der Waals surface area contributed by atoms with Gasteiger partial charge in [-0.2, -0.15) is 0 Å². The molecule has 0 saturated carbocycles. The van der Waals surface area contributed by atoms with Crippen LogP contribution in [0.5, 0.6) is 0 Å². The maximum Gasteiger partial charge on any atom is 0.254 e. The molecule has 1 atom stereocenters. The van der Waals surface area contributed by atoms with Crippen LogP contribution in [0.15, 0.2) is 79.0 Å². The number of para-hydroxylation sites is 1. The fourth-order valence-corrected chi connectivity index (χ4v) is 3.81. The molecule has 4 rings (SSSR count). The number of H-pyrrole nitrogens is 1. The number of nitrogens with one attached hydrogen (secondary N) is 1. The first kappa shape index (κ1) is 18.3. The monoisotopic (exact) mass is 388 g/mol. The number of hydrogen-bond donors (Lipinski definition) is 1. The zero-order chi connectivity index (χ0) is 19.7. The van der Waals surface area contributed by atoms with Crippen molar-refractivity contribution in [2.75, 3.05) is 7.05 Å². The minimum Gasteiger partial charge on any atom is -0.361 e. The van der Waals surface area contributed by atoms with Gasteiger partial charge in [0.05, 0.1) is 6.04 Å². The Balaban J connectivity index is 1.83. The van der Waals surface area contributed by atoms with Crippen LogP contribution in [0.25, 0.3) is 10.9 Å². The van der Waals surface area contributed by atoms with Crippen LogP contribution < -0.4 is 0 Å². The topological polar surface area (TPSA) is 36.1 Å². The maximum atomic E-state index is 13.3. The molecular formula is C24H21ClN2O. The molecule has 1 unspecified atom stereocenters. The van der Waals surface area contributed by atoms with E-state index >= 15 is 0 Å². The van der Waals surface area contributed by atoms with E-state index in [2.05, 4.69) is 42.2 Å². The summed E-state index contributed by atoms with van der Waals surface area (Å²) in [7, 11) is 1.84. The number of halogens is 1. The zero-order valence-corrected chi connectivity index (χ0v) is 16.6. The van der Waals surface area contributed by atoms with Gasteiger partial charge in [-0.3, -0.25) is 4.79 Å². The number of carbonyl (C=O) groups excluding carboxylic acids is 1. The third-order valence-electron chi connectivity index (χ3n) is 5.09. The Morgan fingerprint density at radius 3 is 2.50 bits per heavy atom. The summed E-state index contributed by atoms with van der Waals surface area (Å²) in [6.07, 6.45) is 2.00. The van der Waals surface area contributed by atoms with Crippen molar-refractivity contribution in [2.45, 2.75) is 13.0 Å². The van der Waals surface area contributed by atoms with E-state index in [0.29, 0.717) is 10.6 Å². The second-order valence-electron chi connectivity index (χ2n) is 7.03. The molecule has 0 aliphatic carbocycles. The first-order valence-electron chi connectivity index (χ1n) is 9.20. The maximum absolute atomic E-state index is 13.3. The number of nitrogens with zero attached hydrogens (tertiary/aromatic N) is 1. The van der Waals surface area contributed by atoms with Crippen molar-refractivity contribution in [3.63, 3.8) is 0 Å². The number of aryl methyl sites for hydroxylation is 1. The summed E-state index contributed by atoms with van der Waals surface area (Å²) in [5.74, 6) is -0.0710. The van der Waals surface area contributed by atoms with E-state index in [0.717, 1.165) is 22.0 Å². The van der Waals surface area contributed by atoms with Crippen molar-refractivity contribution in [3.8, 4) is 0 Å². The smallest absolute Gasteiger partial charge is 0.254 e. The Bertz CT molecular complexity index is 1130. The Kier molecular flexibility index (Phi) is 4.93. The fourth-order valence-electron chi connectivity index (χ4n) is 3.62. The number of fused-ring (bicyclic) bond motifs is 1. The van der Waals surface area contributed by atoms with Crippen LogP contribution in [0.1, 0.15) is 33.1 Å². The van der Waals surface area contributed by atoms with Gasteiger partial charge in [0.2, 0.25) is 0 Å². The highest BCUT2D eigenvalue weighted by Gasteiger charge is 2.26. The van der Waals surface area contributed by atoms with Gasteiger partial charge >= 0.3 is 0 Å². The van der Waals surface area contributed by atoms with E-state index < -0.39 is 0 Å². The van der Waals surface area contributed by atoms with Crippen LogP contribution in [0.4, 0.5) is 0 Å². The van der Waals surface area contributed by atoms with E-state index in [1.165, 1.54) is 5.56 Å². The highest BCUT2D eigenvalue weighted by Crippen LogP contribution is 2.34. The average Bonchev–Trinajstić information content (AvgIpc) is 3.13. The molecule has 1 N–H and O–H groups in total. The summed E-state index contributed by atoms with van der Waals surface area (Å²) >= 11 is 6.11. The van der Waals surface area contributed by atoms with E-state index in [-0.39, 0.29) is 11.9 Å². The summed E-state index contributed by atoms with van der Waals surface area (Å²) in [4.78, 5) is 18.4. The lowest BCUT2D eigenvalue weighted by Crippen LogP contribution is -2.32. The summed E-state index contributed by atoms with van der Waals surface area (Å²) < 4.78 is 0. The van der Waals surface area contributed by atoms with Gasteiger partial charge in [-0.1, -0.05) is 65.7 Å². The van der Waals surface area contributed by atoms with Gasteiger partial charge < -0.3 is 9.88 Å². The Labute approximate surface area is 169 Å². The van der Waals surface area contributed by atoms with Crippen LogP contribution in [-0.4, -0.2) is 22.8 Å². The summed E-state index contributed by atoms with van der Waals surface area (Å²) in [5, 5.41) is 1.66. The average molecular weight is 389 g/mol. The van der Waals surface area contributed by atoms with Crippen LogP contribution >= 0.6 is 11.6 Å². The van der Waals surface area contributed by atoms with Crippen molar-refractivity contribution >= 4 is 28.4 Å². The van der Waals surface area contributed by atoms with Crippen molar-refractivity contribution in [3.05, 3.63) is 106 Å². The van der Waals surface area contributed by atoms with Crippen LogP contribution in [0, 0.1) is 6.92 Å². The standard InChI is InChI=1S/C24H21ClN2O/c1-16-10-12-17(13-11-16)23(21-15-26-22-9-4-3-8-20(21)22)27(2)24(28)18-6-5-7-19(25)14-18/h3-15,23,26H,1-2H3. The minimum absolute atomic E-state index is 0.0710. The van der Waals surface area contributed by atoms with Gasteiger partial charge in [-0.25, -0.2) is 0 Å². The first-order chi connectivity index (χ1) is 13.5. The largest absolute Gasteiger partial charge is 0.361 e. The number of amides is 1. The minimum atomic E-state index is -0.219. The fraction of sp³-hybridized carbons (Fsp3) is 0.125. The van der Waals surface area contributed by atoms with E-state index in [1.807, 2.05) is 31.4 Å². The number of benzene rings is 3. The van der Waals surface area contributed by atoms with Crippen LogP contribution in [0.2, 0.25) is 5.02 Å².